The van der Waals surface area contributed by atoms with Crippen molar-refractivity contribution in [2.75, 3.05) is 12.4 Å². The van der Waals surface area contributed by atoms with Crippen LogP contribution in [-0.2, 0) is 11.2 Å². The number of anilines is 1. The van der Waals surface area contributed by atoms with E-state index in [1.54, 1.807) is 31.4 Å². The number of thiazole rings is 1. The molecule has 3 aromatic rings. The molecule has 27 heavy (non-hydrogen) atoms. The highest BCUT2D eigenvalue weighted by Crippen LogP contribution is 2.29. The van der Waals surface area contributed by atoms with Crippen LogP contribution in [-0.4, -0.2) is 23.8 Å². The molecule has 5 nitrogen and oxygen atoms in total. The molecular weight excluding hydrogens is 360 g/mol. The van der Waals surface area contributed by atoms with Crippen LogP contribution in [0.15, 0.2) is 48.5 Å². The fourth-order valence-electron chi connectivity index (χ4n) is 2.62. The van der Waals surface area contributed by atoms with E-state index in [2.05, 4.69) is 10.3 Å². The number of hydrogen-bond acceptors (Lipinski definition) is 5. The van der Waals surface area contributed by atoms with Gasteiger partial charge in [-0.15, -0.1) is 11.3 Å². The average Bonchev–Trinajstić information content (AvgIpc) is 3.02. The molecule has 0 aliphatic carbocycles. The first kappa shape index (κ1) is 18.8. The lowest BCUT2D eigenvalue weighted by molar-refractivity contribution is -0.115. The Morgan fingerprint density at radius 2 is 1.89 bits per heavy atom. The molecule has 3 rings (SSSR count). The van der Waals surface area contributed by atoms with Crippen LogP contribution >= 0.6 is 11.3 Å². The first-order chi connectivity index (χ1) is 13.0. The summed E-state index contributed by atoms with van der Waals surface area (Å²) < 4.78 is 5.18. The highest BCUT2D eigenvalue weighted by molar-refractivity contribution is 7.15. The monoisotopic (exact) mass is 380 g/mol. The van der Waals surface area contributed by atoms with Gasteiger partial charge in [0.1, 0.15) is 10.8 Å². The predicted molar refractivity (Wildman–Crippen MR) is 108 cm³/mol. The van der Waals surface area contributed by atoms with Crippen molar-refractivity contribution in [2.24, 2.45) is 0 Å². The summed E-state index contributed by atoms with van der Waals surface area (Å²) in [7, 11) is 1.63. The molecule has 1 heterocycles. The zero-order valence-electron chi connectivity index (χ0n) is 15.4. The summed E-state index contributed by atoms with van der Waals surface area (Å²) >= 11 is 1.51. The highest BCUT2D eigenvalue weighted by atomic mass is 32.1. The zero-order valence-corrected chi connectivity index (χ0v) is 16.2. The van der Waals surface area contributed by atoms with Crippen LogP contribution in [0.3, 0.4) is 0 Å². The fourth-order valence-corrected chi connectivity index (χ4v) is 3.68. The Bertz CT molecular complexity index is 977. The van der Waals surface area contributed by atoms with Gasteiger partial charge in [0.2, 0.25) is 5.91 Å². The SMILES string of the molecule is COc1ccc(-c2nc(C)c(CC(=O)Nc3cccc(C(C)=O)c3)s2)cc1. The van der Waals surface area contributed by atoms with Gasteiger partial charge in [0.25, 0.3) is 0 Å². The molecule has 0 spiro atoms. The number of nitrogens with one attached hydrogen (secondary N) is 1. The number of hydrogen-bond donors (Lipinski definition) is 1. The van der Waals surface area contributed by atoms with Crippen LogP contribution in [0.4, 0.5) is 5.69 Å². The molecule has 1 aromatic heterocycles. The van der Waals surface area contributed by atoms with Gasteiger partial charge in [0.15, 0.2) is 5.78 Å². The molecule has 138 valence electrons. The summed E-state index contributed by atoms with van der Waals surface area (Å²) in [6.07, 6.45) is 0.240. The van der Waals surface area contributed by atoms with E-state index >= 15 is 0 Å². The van der Waals surface area contributed by atoms with Gasteiger partial charge in [-0.3, -0.25) is 9.59 Å². The van der Waals surface area contributed by atoms with Crippen molar-refractivity contribution in [1.29, 1.82) is 0 Å². The Morgan fingerprint density at radius 1 is 1.15 bits per heavy atom. The molecule has 1 N–H and O–H groups in total. The van der Waals surface area contributed by atoms with Gasteiger partial charge in [-0.05, 0) is 50.2 Å². The fraction of sp³-hybridized carbons (Fsp3) is 0.190. The summed E-state index contributed by atoms with van der Waals surface area (Å²) in [6.45, 7) is 3.41. The van der Waals surface area contributed by atoms with Gasteiger partial charge in [-0.1, -0.05) is 12.1 Å². The number of aromatic nitrogens is 1. The van der Waals surface area contributed by atoms with Gasteiger partial charge < -0.3 is 10.1 Å². The Labute approximate surface area is 162 Å². The number of methoxy groups -OCH3 is 1. The molecule has 0 aliphatic heterocycles. The van der Waals surface area contributed by atoms with Crippen molar-refractivity contribution in [3.8, 4) is 16.3 Å². The highest BCUT2D eigenvalue weighted by Gasteiger charge is 2.14. The van der Waals surface area contributed by atoms with Gasteiger partial charge in [-0.25, -0.2) is 4.98 Å². The van der Waals surface area contributed by atoms with Gasteiger partial charge in [-0.2, -0.15) is 0 Å². The number of ketones is 1. The van der Waals surface area contributed by atoms with E-state index in [9.17, 15) is 9.59 Å². The van der Waals surface area contributed by atoms with E-state index in [0.717, 1.165) is 26.9 Å². The first-order valence-electron chi connectivity index (χ1n) is 8.48. The van der Waals surface area contributed by atoms with Gasteiger partial charge in [0, 0.05) is 21.7 Å². The summed E-state index contributed by atoms with van der Waals surface area (Å²) in [4.78, 5) is 29.4. The normalized spacial score (nSPS) is 10.5. The van der Waals surface area contributed by atoms with Crippen molar-refractivity contribution in [2.45, 2.75) is 20.3 Å². The van der Waals surface area contributed by atoms with E-state index in [0.29, 0.717) is 11.3 Å². The summed E-state index contributed by atoms with van der Waals surface area (Å²) in [6, 6.07) is 14.6. The number of carbonyl (C=O) groups excluding carboxylic acids is 2. The molecular formula is C21H20N2O3S. The third-order valence-corrected chi connectivity index (χ3v) is 5.31. The maximum absolute atomic E-state index is 12.4. The number of benzene rings is 2. The van der Waals surface area contributed by atoms with Crippen LogP contribution in [0.2, 0.25) is 0 Å². The molecule has 0 fully saturated rings. The van der Waals surface area contributed by atoms with E-state index in [-0.39, 0.29) is 18.1 Å². The van der Waals surface area contributed by atoms with Crippen molar-refractivity contribution in [3.05, 3.63) is 64.7 Å². The second-order valence-corrected chi connectivity index (χ2v) is 7.20. The number of aryl methyl sites for hydroxylation is 1. The van der Waals surface area contributed by atoms with Gasteiger partial charge >= 0.3 is 0 Å². The molecule has 6 heteroatoms. The molecule has 0 aliphatic rings. The summed E-state index contributed by atoms with van der Waals surface area (Å²) in [5.74, 6) is 0.622. The third-order valence-electron chi connectivity index (χ3n) is 4.10. The predicted octanol–water partition coefficient (Wildman–Crippen LogP) is 4.51. The van der Waals surface area contributed by atoms with Crippen LogP contribution in [0, 0.1) is 6.92 Å². The minimum Gasteiger partial charge on any atom is -0.497 e. The van der Waals surface area contributed by atoms with E-state index in [4.69, 9.17) is 4.74 Å². The van der Waals surface area contributed by atoms with Gasteiger partial charge in [0.05, 0.1) is 19.2 Å². The van der Waals surface area contributed by atoms with Crippen molar-refractivity contribution in [3.63, 3.8) is 0 Å². The number of ether oxygens (including phenoxy) is 1. The summed E-state index contributed by atoms with van der Waals surface area (Å²) in [5, 5.41) is 3.72. The molecule has 0 saturated carbocycles. The molecule has 0 unspecified atom stereocenters. The second-order valence-electron chi connectivity index (χ2n) is 6.12. The number of carbonyl (C=O) groups is 2. The zero-order chi connectivity index (χ0) is 19.4. The molecule has 0 bridgehead atoms. The minimum absolute atomic E-state index is 0.0338. The van der Waals surface area contributed by atoms with E-state index < -0.39 is 0 Å². The van der Waals surface area contributed by atoms with E-state index in [1.165, 1.54) is 18.3 Å². The maximum atomic E-state index is 12.4. The average molecular weight is 380 g/mol. The molecule has 0 radical (unpaired) electrons. The van der Waals surface area contributed by atoms with Crippen LogP contribution in [0.25, 0.3) is 10.6 Å². The third kappa shape index (κ3) is 4.60. The molecule has 2 aromatic carbocycles. The Kier molecular flexibility index (Phi) is 5.66. The molecule has 0 saturated heterocycles. The van der Waals surface area contributed by atoms with Crippen LogP contribution < -0.4 is 10.1 Å². The largest absolute Gasteiger partial charge is 0.497 e. The quantitative estimate of drug-likeness (QED) is 0.639. The Balaban J connectivity index is 1.72. The van der Waals surface area contributed by atoms with Crippen LogP contribution in [0.1, 0.15) is 27.9 Å². The molecule has 1 amide bonds. The summed E-state index contributed by atoms with van der Waals surface area (Å²) in [5.41, 5.74) is 3.02. The van der Waals surface area contributed by atoms with Crippen LogP contribution in [0.5, 0.6) is 5.75 Å². The molecule has 0 atom stereocenters. The standard InChI is InChI=1S/C21H20N2O3S/c1-13-19(27-21(22-13)15-7-9-18(26-3)10-8-15)12-20(25)23-17-6-4-5-16(11-17)14(2)24/h4-11H,12H2,1-3H3,(H,23,25). The lowest BCUT2D eigenvalue weighted by atomic mass is 10.1. The number of nitrogens with zero attached hydrogens (tertiary/aromatic N) is 1. The number of amides is 1. The van der Waals surface area contributed by atoms with Crippen molar-refractivity contribution < 1.29 is 14.3 Å². The Morgan fingerprint density at radius 3 is 2.56 bits per heavy atom. The smallest absolute Gasteiger partial charge is 0.229 e. The lowest BCUT2D eigenvalue weighted by Gasteiger charge is -2.06. The maximum Gasteiger partial charge on any atom is 0.229 e. The lowest BCUT2D eigenvalue weighted by Crippen LogP contribution is -2.14. The van der Waals surface area contributed by atoms with Crippen molar-refractivity contribution in [1.82, 2.24) is 4.98 Å². The Hall–Kier alpha value is -2.99. The van der Waals surface area contributed by atoms with Crippen molar-refractivity contribution >= 4 is 28.7 Å². The first-order valence-corrected chi connectivity index (χ1v) is 9.29. The topological polar surface area (TPSA) is 68.3 Å². The van der Waals surface area contributed by atoms with E-state index in [1.807, 2.05) is 31.2 Å². The number of rotatable bonds is 6. The number of Topliss-reactive ketones (excluding diaryl/α,β-unsaturated/α-hetero) is 1. The minimum atomic E-state index is -0.135. The second kappa shape index (κ2) is 8.14.